The fourth-order valence-corrected chi connectivity index (χ4v) is 1.48. The van der Waals surface area contributed by atoms with Crippen molar-refractivity contribution >= 4 is 5.97 Å². The van der Waals surface area contributed by atoms with E-state index in [1.54, 1.807) is 0 Å². The zero-order chi connectivity index (χ0) is 13.3. The molecule has 0 saturated carbocycles. The summed E-state index contributed by atoms with van der Waals surface area (Å²) in [6, 6.07) is 3.33. The highest BCUT2D eigenvalue weighted by atomic mass is 19.4. The van der Waals surface area contributed by atoms with Gasteiger partial charge >= 0.3 is 12.1 Å². The van der Waals surface area contributed by atoms with Crippen molar-refractivity contribution in [1.82, 2.24) is 0 Å². The smallest absolute Gasteiger partial charge is 0.410 e. The molecule has 7 heteroatoms. The van der Waals surface area contributed by atoms with Crippen LogP contribution in [-0.4, -0.2) is 23.8 Å². The molecule has 3 N–H and O–H groups in total. The number of carboxylic acid groups (broad SMARTS) is 1. The maximum Gasteiger partial charge on any atom is 0.410 e. The lowest BCUT2D eigenvalue weighted by molar-refractivity contribution is -0.203. The first-order chi connectivity index (χ1) is 7.75. The van der Waals surface area contributed by atoms with Crippen molar-refractivity contribution in [3.8, 4) is 0 Å². The third kappa shape index (κ3) is 2.10. The van der Waals surface area contributed by atoms with Crippen LogP contribution >= 0.6 is 0 Å². The molecule has 94 valence electrons. The molecule has 0 aliphatic heterocycles. The molecule has 0 saturated heterocycles. The van der Waals surface area contributed by atoms with Gasteiger partial charge in [-0.3, -0.25) is 4.79 Å². The van der Waals surface area contributed by atoms with E-state index in [0.29, 0.717) is 6.07 Å². The molecule has 0 fully saturated rings. The Hall–Kier alpha value is -1.63. The van der Waals surface area contributed by atoms with E-state index in [0.717, 1.165) is 18.2 Å². The van der Waals surface area contributed by atoms with Crippen molar-refractivity contribution in [2.24, 2.45) is 5.73 Å². The molecule has 1 rings (SSSR count). The Morgan fingerprint density at radius 1 is 1.35 bits per heavy atom. The van der Waals surface area contributed by atoms with Crippen molar-refractivity contribution in [2.75, 3.05) is 6.54 Å². The average Bonchev–Trinajstić information content (AvgIpc) is 2.16. The maximum absolute atomic E-state index is 12.9. The molecule has 1 unspecified atom stereocenters. The van der Waals surface area contributed by atoms with Gasteiger partial charge in [-0.2, -0.15) is 13.2 Å². The summed E-state index contributed by atoms with van der Waals surface area (Å²) in [5.41, 5.74) is 0.949. The lowest BCUT2D eigenvalue weighted by atomic mass is 9.79. The number of nitrogens with two attached hydrogens (primary N) is 1. The molecule has 0 radical (unpaired) electrons. The summed E-state index contributed by atoms with van der Waals surface area (Å²) in [5.74, 6) is -3.11. The van der Waals surface area contributed by atoms with Gasteiger partial charge in [0.05, 0.1) is 0 Å². The van der Waals surface area contributed by atoms with Crippen molar-refractivity contribution in [2.45, 2.75) is 11.6 Å². The summed E-state index contributed by atoms with van der Waals surface area (Å²) in [6.07, 6.45) is -5.11. The molecule has 1 aromatic carbocycles. The van der Waals surface area contributed by atoms with Crippen LogP contribution in [0.3, 0.4) is 0 Å². The number of hydrogen-bond donors (Lipinski definition) is 2. The molecule has 0 spiro atoms. The van der Waals surface area contributed by atoms with Crippen LogP contribution in [-0.2, 0) is 10.2 Å². The largest absolute Gasteiger partial charge is 0.480 e. The van der Waals surface area contributed by atoms with Crippen LogP contribution in [0.1, 0.15) is 5.56 Å². The highest BCUT2D eigenvalue weighted by Gasteiger charge is 2.61. The van der Waals surface area contributed by atoms with Crippen LogP contribution in [0.2, 0.25) is 0 Å². The van der Waals surface area contributed by atoms with E-state index in [1.807, 2.05) is 0 Å². The molecule has 0 amide bonds. The quantitative estimate of drug-likeness (QED) is 0.803. The van der Waals surface area contributed by atoms with Crippen molar-refractivity contribution in [3.05, 3.63) is 35.6 Å². The summed E-state index contributed by atoms with van der Waals surface area (Å²) in [6.45, 7) is -1.20. The van der Waals surface area contributed by atoms with Gasteiger partial charge in [0.2, 0.25) is 0 Å². The van der Waals surface area contributed by atoms with E-state index in [-0.39, 0.29) is 0 Å². The molecular weight excluding hydrogens is 242 g/mol. The second kappa shape index (κ2) is 4.33. The van der Waals surface area contributed by atoms with Crippen LogP contribution in [0.25, 0.3) is 0 Å². The molecule has 0 aliphatic carbocycles. The summed E-state index contributed by atoms with van der Waals surface area (Å²) in [5, 5.41) is 8.78. The lowest BCUT2D eigenvalue weighted by Gasteiger charge is -2.30. The normalized spacial score (nSPS) is 15.4. The zero-order valence-corrected chi connectivity index (χ0v) is 8.46. The van der Waals surface area contributed by atoms with Crippen LogP contribution in [0, 0.1) is 5.82 Å². The first kappa shape index (κ1) is 13.4. The molecule has 0 aromatic heterocycles. The molecule has 0 heterocycles. The Balaban J connectivity index is 3.49. The van der Waals surface area contributed by atoms with Gasteiger partial charge in [-0.25, -0.2) is 4.39 Å². The van der Waals surface area contributed by atoms with Crippen LogP contribution in [0.4, 0.5) is 17.6 Å². The number of aliphatic carboxylic acids is 1. The van der Waals surface area contributed by atoms with E-state index in [2.05, 4.69) is 0 Å². The molecule has 0 aliphatic rings. The monoisotopic (exact) mass is 251 g/mol. The first-order valence-corrected chi connectivity index (χ1v) is 4.52. The third-order valence-electron chi connectivity index (χ3n) is 2.47. The Labute approximate surface area is 93.8 Å². The topological polar surface area (TPSA) is 63.3 Å². The number of alkyl halides is 3. The summed E-state index contributed by atoms with van der Waals surface area (Å²) < 4.78 is 51.5. The fourth-order valence-electron chi connectivity index (χ4n) is 1.48. The van der Waals surface area contributed by atoms with Gasteiger partial charge < -0.3 is 10.8 Å². The summed E-state index contributed by atoms with van der Waals surface area (Å²) >= 11 is 0. The van der Waals surface area contributed by atoms with Gasteiger partial charge in [-0.1, -0.05) is 12.1 Å². The minimum Gasteiger partial charge on any atom is -0.480 e. The zero-order valence-electron chi connectivity index (χ0n) is 8.46. The second-order valence-electron chi connectivity index (χ2n) is 3.42. The van der Waals surface area contributed by atoms with E-state index in [1.165, 1.54) is 0 Å². The van der Waals surface area contributed by atoms with Gasteiger partial charge in [0.25, 0.3) is 0 Å². The Kier molecular flexibility index (Phi) is 3.42. The SMILES string of the molecule is NCC(C(=O)O)(c1cccc(F)c1)C(F)(F)F. The second-order valence-corrected chi connectivity index (χ2v) is 3.42. The first-order valence-electron chi connectivity index (χ1n) is 4.52. The standard InChI is InChI=1S/C10H9F4NO2/c11-7-3-1-2-6(4-7)9(5-15,8(16)17)10(12,13)14/h1-4H,5,15H2,(H,16,17). The Morgan fingerprint density at radius 3 is 2.29 bits per heavy atom. The van der Waals surface area contributed by atoms with E-state index in [9.17, 15) is 22.4 Å². The summed E-state index contributed by atoms with van der Waals surface area (Å²) in [4.78, 5) is 10.9. The van der Waals surface area contributed by atoms with Crippen LogP contribution in [0.15, 0.2) is 24.3 Å². The number of carboxylic acids is 1. The molecular formula is C10H9F4NO2. The van der Waals surface area contributed by atoms with E-state index in [4.69, 9.17) is 10.8 Å². The van der Waals surface area contributed by atoms with Crippen LogP contribution in [0.5, 0.6) is 0 Å². The Morgan fingerprint density at radius 2 is 1.94 bits per heavy atom. The highest BCUT2D eigenvalue weighted by Crippen LogP contribution is 2.40. The van der Waals surface area contributed by atoms with Gasteiger partial charge in [-0.15, -0.1) is 0 Å². The van der Waals surface area contributed by atoms with Crippen molar-refractivity contribution < 1.29 is 27.5 Å². The number of hydrogen-bond acceptors (Lipinski definition) is 2. The molecule has 3 nitrogen and oxygen atoms in total. The van der Waals surface area contributed by atoms with E-state index >= 15 is 0 Å². The average molecular weight is 251 g/mol. The maximum atomic E-state index is 12.9. The van der Waals surface area contributed by atoms with Crippen molar-refractivity contribution in [1.29, 1.82) is 0 Å². The van der Waals surface area contributed by atoms with Gasteiger partial charge in [-0.05, 0) is 17.7 Å². The van der Waals surface area contributed by atoms with Gasteiger partial charge in [0.1, 0.15) is 5.82 Å². The van der Waals surface area contributed by atoms with E-state index < -0.39 is 35.5 Å². The van der Waals surface area contributed by atoms with Gasteiger partial charge in [0.15, 0.2) is 5.41 Å². The van der Waals surface area contributed by atoms with Crippen molar-refractivity contribution in [3.63, 3.8) is 0 Å². The molecule has 0 bridgehead atoms. The number of benzene rings is 1. The lowest BCUT2D eigenvalue weighted by Crippen LogP contribution is -2.54. The predicted molar refractivity (Wildman–Crippen MR) is 50.8 cm³/mol. The number of carbonyl (C=O) groups is 1. The Bertz CT molecular complexity index is 433. The van der Waals surface area contributed by atoms with Crippen LogP contribution < -0.4 is 5.73 Å². The molecule has 17 heavy (non-hydrogen) atoms. The predicted octanol–water partition coefficient (Wildman–Crippen LogP) is 1.67. The van der Waals surface area contributed by atoms with Gasteiger partial charge in [0, 0.05) is 6.54 Å². The number of halogens is 4. The highest BCUT2D eigenvalue weighted by molar-refractivity contribution is 5.83. The number of rotatable bonds is 3. The molecule has 1 atom stereocenters. The minimum absolute atomic E-state index is 0.522. The minimum atomic E-state index is -5.11. The third-order valence-corrected chi connectivity index (χ3v) is 2.47. The molecule has 1 aromatic rings. The summed E-state index contributed by atoms with van der Waals surface area (Å²) in [7, 11) is 0. The fraction of sp³-hybridized carbons (Fsp3) is 0.300.